The maximum atomic E-state index is 12.8. The number of carbonyl (C=O) groups excluding carboxylic acids is 1. The van der Waals surface area contributed by atoms with Crippen molar-refractivity contribution in [3.05, 3.63) is 29.3 Å². The first-order chi connectivity index (χ1) is 8.99. The molecule has 0 radical (unpaired) electrons. The van der Waals surface area contributed by atoms with E-state index in [1.165, 1.54) is 12.8 Å². The Labute approximate surface area is 115 Å². The van der Waals surface area contributed by atoms with Crippen LogP contribution in [0.15, 0.2) is 18.2 Å². The maximum Gasteiger partial charge on any atom is 0.254 e. The number of carbonyl (C=O) groups is 1. The molecular weight excluding hydrogens is 236 g/mol. The quantitative estimate of drug-likeness (QED) is 0.788. The molecule has 0 bridgehead atoms. The molecule has 19 heavy (non-hydrogen) atoms. The van der Waals surface area contributed by atoms with Crippen molar-refractivity contribution in [2.45, 2.75) is 46.1 Å². The van der Waals surface area contributed by atoms with E-state index >= 15 is 0 Å². The molecule has 104 valence electrons. The van der Waals surface area contributed by atoms with Crippen LogP contribution in [0.2, 0.25) is 0 Å². The van der Waals surface area contributed by atoms with E-state index in [-0.39, 0.29) is 5.91 Å². The van der Waals surface area contributed by atoms with Crippen LogP contribution < -0.4 is 5.73 Å². The lowest BCUT2D eigenvalue weighted by molar-refractivity contribution is 0.0677. The fourth-order valence-corrected chi connectivity index (χ4v) is 2.83. The number of anilines is 1. The minimum atomic E-state index is 0.131. The van der Waals surface area contributed by atoms with Crippen LogP contribution in [0.3, 0.4) is 0 Å². The predicted molar refractivity (Wildman–Crippen MR) is 79.1 cm³/mol. The van der Waals surface area contributed by atoms with Gasteiger partial charge in [0, 0.05) is 23.8 Å². The molecule has 3 heteroatoms. The van der Waals surface area contributed by atoms with Gasteiger partial charge in [0.25, 0.3) is 5.91 Å². The van der Waals surface area contributed by atoms with E-state index in [9.17, 15) is 4.79 Å². The van der Waals surface area contributed by atoms with Crippen molar-refractivity contribution in [1.29, 1.82) is 0 Å². The molecule has 0 aromatic heterocycles. The maximum absolute atomic E-state index is 12.8. The molecule has 1 aliphatic rings. The van der Waals surface area contributed by atoms with Gasteiger partial charge in [-0.1, -0.05) is 19.4 Å². The number of nitrogens with two attached hydrogens (primary N) is 1. The van der Waals surface area contributed by atoms with E-state index in [2.05, 4.69) is 13.8 Å². The molecule has 2 unspecified atom stereocenters. The van der Waals surface area contributed by atoms with Crippen molar-refractivity contribution < 1.29 is 4.79 Å². The molecule has 2 N–H and O–H groups in total. The summed E-state index contributed by atoms with van der Waals surface area (Å²) in [6.45, 7) is 7.20. The molecule has 2 atom stereocenters. The number of aryl methyl sites for hydroxylation is 1. The highest BCUT2D eigenvalue weighted by molar-refractivity contribution is 5.96. The van der Waals surface area contributed by atoms with Crippen LogP contribution in [0.4, 0.5) is 5.69 Å². The largest absolute Gasteiger partial charge is 0.399 e. The lowest BCUT2D eigenvalue weighted by Crippen LogP contribution is -2.40. The summed E-state index contributed by atoms with van der Waals surface area (Å²) in [5.74, 6) is 0.710. The summed E-state index contributed by atoms with van der Waals surface area (Å²) in [5, 5.41) is 0. The average Bonchev–Trinajstić information content (AvgIpc) is 2.53. The summed E-state index contributed by atoms with van der Waals surface area (Å²) in [6.07, 6.45) is 3.52. The van der Waals surface area contributed by atoms with Crippen LogP contribution >= 0.6 is 0 Å². The van der Waals surface area contributed by atoms with Gasteiger partial charge in [-0.3, -0.25) is 4.79 Å². The molecule has 1 saturated heterocycles. The van der Waals surface area contributed by atoms with E-state index in [1.54, 1.807) is 6.07 Å². The molecule has 1 aliphatic heterocycles. The summed E-state index contributed by atoms with van der Waals surface area (Å²) in [5.41, 5.74) is 8.23. The SMILES string of the molecule is Cc1ccc(N)cc1C(=O)N1CC(C)CCCC1C. The fraction of sp³-hybridized carbons (Fsp3) is 0.562. The molecular formula is C16H24N2O. The van der Waals surface area contributed by atoms with Crippen molar-refractivity contribution >= 4 is 11.6 Å². The molecule has 1 heterocycles. The number of hydrogen-bond donors (Lipinski definition) is 1. The monoisotopic (exact) mass is 260 g/mol. The topological polar surface area (TPSA) is 46.3 Å². The second-order valence-electron chi connectivity index (χ2n) is 5.92. The van der Waals surface area contributed by atoms with Gasteiger partial charge in [0.1, 0.15) is 0 Å². The molecule has 2 rings (SSSR count). The minimum Gasteiger partial charge on any atom is -0.399 e. The number of likely N-dealkylation sites (tertiary alicyclic amines) is 1. The first-order valence-electron chi connectivity index (χ1n) is 7.16. The summed E-state index contributed by atoms with van der Waals surface area (Å²) < 4.78 is 0. The summed E-state index contributed by atoms with van der Waals surface area (Å²) in [7, 11) is 0. The van der Waals surface area contributed by atoms with Gasteiger partial charge in [0.2, 0.25) is 0 Å². The van der Waals surface area contributed by atoms with Crippen molar-refractivity contribution in [1.82, 2.24) is 4.90 Å². The Morgan fingerprint density at radius 3 is 2.79 bits per heavy atom. The number of nitrogen functional groups attached to an aromatic ring is 1. The van der Waals surface area contributed by atoms with Gasteiger partial charge in [-0.2, -0.15) is 0 Å². The van der Waals surface area contributed by atoms with Gasteiger partial charge in [-0.05, 0) is 50.3 Å². The van der Waals surface area contributed by atoms with Crippen LogP contribution in [0.5, 0.6) is 0 Å². The molecule has 0 aliphatic carbocycles. The number of benzene rings is 1. The first-order valence-corrected chi connectivity index (χ1v) is 7.16. The third-order valence-electron chi connectivity index (χ3n) is 4.11. The molecule has 1 fully saturated rings. The molecule has 3 nitrogen and oxygen atoms in total. The number of amides is 1. The molecule has 1 amide bonds. The van der Waals surface area contributed by atoms with Crippen molar-refractivity contribution in [3.8, 4) is 0 Å². The summed E-state index contributed by atoms with van der Waals surface area (Å²) in [6, 6.07) is 5.90. The zero-order valence-corrected chi connectivity index (χ0v) is 12.1. The Balaban J connectivity index is 2.28. The minimum absolute atomic E-state index is 0.131. The Hall–Kier alpha value is -1.51. The second-order valence-corrected chi connectivity index (χ2v) is 5.92. The van der Waals surface area contributed by atoms with Gasteiger partial charge in [0.15, 0.2) is 0 Å². The Kier molecular flexibility index (Phi) is 4.13. The summed E-state index contributed by atoms with van der Waals surface area (Å²) in [4.78, 5) is 14.8. The normalized spacial score (nSPS) is 24.1. The Bertz CT molecular complexity index is 470. The zero-order chi connectivity index (χ0) is 14.0. The van der Waals surface area contributed by atoms with Gasteiger partial charge in [0.05, 0.1) is 0 Å². The van der Waals surface area contributed by atoms with E-state index < -0.39 is 0 Å². The first kappa shape index (κ1) is 13.9. The van der Waals surface area contributed by atoms with E-state index in [0.717, 1.165) is 24.1 Å². The highest BCUT2D eigenvalue weighted by Crippen LogP contribution is 2.24. The van der Waals surface area contributed by atoms with Gasteiger partial charge < -0.3 is 10.6 Å². The van der Waals surface area contributed by atoms with Crippen molar-refractivity contribution in [2.24, 2.45) is 5.92 Å². The zero-order valence-electron chi connectivity index (χ0n) is 12.1. The third kappa shape index (κ3) is 3.09. The standard InChI is InChI=1S/C16H24N2O/c1-11-5-4-6-13(3)18(10-11)16(19)15-9-14(17)8-7-12(15)2/h7-9,11,13H,4-6,10,17H2,1-3H3. The lowest BCUT2D eigenvalue weighted by atomic mass is 10.0. The number of rotatable bonds is 1. The molecule has 1 aromatic carbocycles. The smallest absolute Gasteiger partial charge is 0.254 e. The van der Waals surface area contributed by atoms with E-state index in [0.29, 0.717) is 17.6 Å². The van der Waals surface area contributed by atoms with Gasteiger partial charge >= 0.3 is 0 Å². The molecule has 0 spiro atoms. The van der Waals surface area contributed by atoms with Crippen molar-refractivity contribution in [3.63, 3.8) is 0 Å². The van der Waals surface area contributed by atoms with Crippen LogP contribution in [0.1, 0.15) is 49.0 Å². The lowest BCUT2D eigenvalue weighted by Gasteiger charge is -2.29. The van der Waals surface area contributed by atoms with E-state index in [1.807, 2.05) is 24.0 Å². The number of hydrogen-bond acceptors (Lipinski definition) is 2. The fourth-order valence-electron chi connectivity index (χ4n) is 2.83. The third-order valence-corrected chi connectivity index (χ3v) is 4.11. The van der Waals surface area contributed by atoms with Gasteiger partial charge in [-0.15, -0.1) is 0 Å². The van der Waals surface area contributed by atoms with Crippen molar-refractivity contribution in [2.75, 3.05) is 12.3 Å². The van der Waals surface area contributed by atoms with E-state index in [4.69, 9.17) is 5.73 Å². The average molecular weight is 260 g/mol. The summed E-state index contributed by atoms with van der Waals surface area (Å²) >= 11 is 0. The molecule has 1 aromatic rings. The number of nitrogens with zero attached hydrogens (tertiary/aromatic N) is 1. The van der Waals surface area contributed by atoms with Gasteiger partial charge in [-0.25, -0.2) is 0 Å². The Morgan fingerprint density at radius 2 is 2.05 bits per heavy atom. The Morgan fingerprint density at radius 1 is 1.32 bits per heavy atom. The highest BCUT2D eigenvalue weighted by atomic mass is 16.2. The highest BCUT2D eigenvalue weighted by Gasteiger charge is 2.26. The van der Waals surface area contributed by atoms with Crippen LogP contribution in [0, 0.1) is 12.8 Å². The second kappa shape index (κ2) is 5.64. The van der Waals surface area contributed by atoms with Crippen LogP contribution in [-0.4, -0.2) is 23.4 Å². The van der Waals surface area contributed by atoms with Crippen LogP contribution in [0.25, 0.3) is 0 Å². The van der Waals surface area contributed by atoms with Crippen LogP contribution in [-0.2, 0) is 0 Å². The predicted octanol–water partition coefficient (Wildman–Crippen LogP) is 3.23. The molecule has 0 saturated carbocycles.